The van der Waals surface area contributed by atoms with Crippen LogP contribution in [0.25, 0.3) is 10.8 Å². The van der Waals surface area contributed by atoms with E-state index in [-0.39, 0.29) is 35.7 Å². The summed E-state index contributed by atoms with van der Waals surface area (Å²) in [6, 6.07) is 4.74. The number of methoxy groups -OCH3 is 1. The van der Waals surface area contributed by atoms with Gasteiger partial charge in [-0.3, -0.25) is 14.6 Å². The molecule has 4 saturated carbocycles. The van der Waals surface area contributed by atoms with Gasteiger partial charge < -0.3 is 25.0 Å². The largest absolute Gasteiger partial charge is 0.496 e. The van der Waals surface area contributed by atoms with Gasteiger partial charge in [-0.2, -0.15) is 5.26 Å². The van der Waals surface area contributed by atoms with E-state index in [1.807, 2.05) is 19.1 Å². The van der Waals surface area contributed by atoms with Crippen LogP contribution < -0.4 is 15.4 Å². The number of pyridine rings is 1. The highest BCUT2D eigenvalue weighted by atomic mass is 19.1. The van der Waals surface area contributed by atoms with Crippen LogP contribution in [0.1, 0.15) is 57.1 Å². The number of amides is 3. The van der Waals surface area contributed by atoms with Crippen LogP contribution in [0.2, 0.25) is 0 Å². The van der Waals surface area contributed by atoms with Crippen molar-refractivity contribution in [3.63, 3.8) is 0 Å². The molecule has 4 aliphatic carbocycles. The lowest BCUT2D eigenvalue weighted by Crippen LogP contribution is -2.58. The van der Waals surface area contributed by atoms with Gasteiger partial charge in [0.2, 0.25) is 11.8 Å². The topological polar surface area (TPSA) is 134 Å². The number of halogens is 1. The summed E-state index contributed by atoms with van der Waals surface area (Å²) >= 11 is 0. The number of rotatable bonds is 8. The molecule has 2 bridgehead atoms. The van der Waals surface area contributed by atoms with E-state index in [4.69, 9.17) is 9.47 Å². The number of ether oxygens (including phenoxy) is 2. The van der Waals surface area contributed by atoms with Crippen LogP contribution in [-0.4, -0.2) is 65.8 Å². The third-order valence-electron chi connectivity index (χ3n) is 10.6. The first-order chi connectivity index (χ1) is 20.7. The quantitative estimate of drug-likeness (QED) is 0.479. The van der Waals surface area contributed by atoms with Crippen molar-refractivity contribution in [2.45, 2.75) is 75.8 Å². The van der Waals surface area contributed by atoms with Crippen molar-refractivity contribution in [2.24, 2.45) is 29.1 Å². The first kappa shape index (κ1) is 27.9. The number of carbonyl (C=O) groups is 3. The summed E-state index contributed by atoms with van der Waals surface area (Å²) in [5.41, 5.74) is 0.0303. The Hall–Kier alpha value is -3.94. The van der Waals surface area contributed by atoms with Gasteiger partial charge in [0.05, 0.1) is 13.2 Å². The van der Waals surface area contributed by atoms with E-state index in [9.17, 15) is 19.6 Å². The van der Waals surface area contributed by atoms with Crippen molar-refractivity contribution in [3.8, 4) is 11.8 Å². The van der Waals surface area contributed by atoms with Gasteiger partial charge in [-0.05, 0) is 73.7 Å². The third-order valence-corrected chi connectivity index (χ3v) is 10.6. The minimum atomic E-state index is -1.08. The molecule has 0 spiro atoms. The molecule has 3 amide bonds. The number of carbonyl (C=O) groups excluding carboxylic acids is 3. The van der Waals surface area contributed by atoms with Crippen molar-refractivity contribution in [3.05, 3.63) is 36.2 Å². The molecular weight excluding hydrogens is 553 g/mol. The fourth-order valence-corrected chi connectivity index (χ4v) is 7.97. The number of fused-ring (bicyclic) bond motifs is 6. The lowest BCUT2D eigenvalue weighted by Gasteiger charge is -2.35. The lowest BCUT2D eigenvalue weighted by atomic mass is 9.77. The zero-order valence-corrected chi connectivity index (χ0v) is 24.3. The average Bonchev–Trinajstić information content (AvgIpc) is 3.85. The molecule has 10 nitrogen and oxygen atoms in total. The van der Waals surface area contributed by atoms with E-state index in [0.717, 1.165) is 31.1 Å². The SMILES string of the molecule is COc1cccc2cncc(C(C#N)NC(=O)C3C4C5CC(CC5F)C4CN3C(=O)C(NC(=O)OC3CC3)C3(C)CC3)c12. The molecule has 1 aromatic carbocycles. The monoisotopic (exact) mass is 589 g/mol. The number of nitriles is 1. The van der Waals surface area contributed by atoms with Crippen LogP contribution in [0.4, 0.5) is 9.18 Å². The van der Waals surface area contributed by atoms with Gasteiger partial charge in [-0.1, -0.05) is 19.1 Å². The number of alkyl carbamates (subject to hydrolysis) is 1. The molecule has 11 heteroatoms. The molecule has 1 aromatic heterocycles. The molecule has 43 heavy (non-hydrogen) atoms. The maximum absolute atomic E-state index is 15.1. The molecule has 8 unspecified atom stereocenters. The second kappa shape index (κ2) is 10.4. The first-order valence-corrected chi connectivity index (χ1v) is 15.2. The van der Waals surface area contributed by atoms with Crippen LogP contribution in [0.3, 0.4) is 0 Å². The summed E-state index contributed by atoms with van der Waals surface area (Å²) in [5, 5.41) is 17.4. The van der Waals surface area contributed by atoms with Gasteiger partial charge >= 0.3 is 6.09 Å². The first-order valence-electron chi connectivity index (χ1n) is 15.2. The molecule has 1 aliphatic heterocycles. The predicted molar refractivity (Wildman–Crippen MR) is 152 cm³/mol. The summed E-state index contributed by atoms with van der Waals surface area (Å²) in [6.45, 7) is 2.27. The Bertz CT molecular complexity index is 1510. The fraction of sp³-hybridized carbons (Fsp3) is 0.594. The van der Waals surface area contributed by atoms with Crippen molar-refractivity contribution in [2.75, 3.05) is 13.7 Å². The number of hydrogen-bond acceptors (Lipinski definition) is 7. The highest BCUT2D eigenvalue weighted by molar-refractivity contribution is 5.95. The van der Waals surface area contributed by atoms with E-state index in [1.165, 1.54) is 13.3 Å². The average molecular weight is 590 g/mol. The number of alkyl halides is 1. The standard InChI is InChI=1S/C32H36FN5O5/c1-32(8-9-32)28(37-31(41)43-18-6-7-18)30(40)38-15-21-17-10-19(22(33)11-17)26(21)27(38)29(39)36-23(12-34)20-14-35-13-16-4-3-5-24(42-2)25(16)20/h3-5,13-14,17-19,21-23,26-28H,6-11,15H2,1-2H3,(H,36,39)(H,37,41). The van der Waals surface area contributed by atoms with Crippen molar-refractivity contribution in [1.29, 1.82) is 5.26 Å². The molecule has 8 atom stereocenters. The van der Waals surface area contributed by atoms with Gasteiger partial charge in [-0.15, -0.1) is 0 Å². The fourth-order valence-electron chi connectivity index (χ4n) is 7.97. The number of likely N-dealkylation sites (tertiary alicyclic amines) is 1. The van der Waals surface area contributed by atoms with Crippen molar-refractivity contribution in [1.82, 2.24) is 20.5 Å². The predicted octanol–water partition coefficient (Wildman–Crippen LogP) is 3.80. The minimum Gasteiger partial charge on any atom is -0.496 e. The van der Waals surface area contributed by atoms with Crippen molar-refractivity contribution >= 4 is 28.7 Å². The molecule has 2 aromatic rings. The normalized spacial score (nSPS) is 31.1. The Morgan fingerprint density at radius 3 is 2.65 bits per heavy atom. The summed E-state index contributed by atoms with van der Waals surface area (Å²) in [6.07, 6.45) is 5.71. The summed E-state index contributed by atoms with van der Waals surface area (Å²) < 4.78 is 26.1. The maximum atomic E-state index is 15.1. The van der Waals surface area contributed by atoms with E-state index in [2.05, 4.69) is 21.7 Å². The molecule has 2 heterocycles. The van der Waals surface area contributed by atoms with E-state index >= 15 is 4.39 Å². The van der Waals surface area contributed by atoms with Gasteiger partial charge in [0.25, 0.3) is 0 Å². The van der Waals surface area contributed by atoms with Gasteiger partial charge in [-0.25, -0.2) is 9.18 Å². The van der Waals surface area contributed by atoms with E-state index in [0.29, 0.717) is 36.1 Å². The van der Waals surface area contributed by atoms with Crippen molar-refractivity contribution < 1.29 is 28.2 Å². The van der Waals surface area contributed by atoms with Gasteiger partial charge in [0.1, 0.15) is 36.2 Å². The van der Waals surface area contributed by atoms with Crippen LogP contribution in [-0.2, 0) is 14.3 Å². The maximum Gasteiger partial charge on any atom is 0.408 e. The molecule has 5 aliphatic rings. The lowest BCUT2D eigenvalue weighted by molar-refractivity contribution is -0.142. The van der Waals surface area contributed by atoms with Crippen LogP contribution in [0.15, 0.2) is 30.6 Å². The summed E-state index contributed by atoms with van der Waals surface area (Å²) in [4.78, 5) is 47.1. The molecular formula is C32H36FN5O5. The number of hydrogen-bond donors (Lipinski definition) is 2. The second-order valence-electron chi connectivity index (χ2n) is 13.3. The molecule has 1 saturated heterocycles. The zero-order chi connectivity index (χ0) is 30.0. The Balaban J connectivity index is 1.20. The summed E-state index contributed by atoms with van der Waals surface area (Å²) in [7, 11) is 1.54. The van der Waals surface area contributed by atoms with Gasteiger partial charge in [0.15, 0.2) is 0 Å². The number of aromatic nitrogens is 1. The molecule has 226 valence electrons. The van der Waals surface area contributed by atoms with E-state index < -0.39 is 41.7 Å². The highest BCUT2D eigenvalue weighted by Crippen LogP contribution is 2.59. The second-order valence-corrected chi connectivity index (χ2v) is 13.3. The van der Waals surface area contributed by atoms with E-state index in [1.54, 1.807) is 17.2 Å². The van der Waals surface area contributed by atoms with Crippen LogP contribution in [0.5, 0.6) is 5.75 Å². The summed E-state index contributed by atoms with van der Waals surface area (Å²) in [5.74, 6) is -0.908. The Labute approximate surface area is 249 Å². The Morgan fingerprint density at radius 1 is 1.16 bits per heavy atom. The number of benzene rings is 1. The Kier molecular flexibility index (Phi) is 6.71. The molecule has 0 radical (unpaired) electrons. The number of nitrogens with zero attached hydrogens (tertiary/aromatic N) is 3. The van der Waals surface area contributed by atoms with Gasteiger partial charge in [0, 0.05) is 35.3 Å². The Morgan fingerprint density at radius 2 is 1.95 bits per heavy atom. The zero-order valence-electron chi connectivity index (χ0n) is 24.3. The van der Waals surface area contributed by atoms with Crippen LogP contribution >= 0.6 is 0 Å². The highest BCUT2D eigenvalue weighted by Gasteiger charge is 2.64. The van der Waals surface area contributed by atoms with Crippen LogP contribution in [0, 0.1) is 40.4 Å². The minimum absolute atomic E-state index is 0.0115. The molecule has 2 N–H and O–H groups in total. The smallest absolute Gasteiger partial charge is 0.408 e. The molecule has 5 fully saturated rings. The molecule has 7 rings (SSSR count). The third kappa shape index (κ3) is 4.75. The number of nitrogens with one attached hydrogen (secondary N) is 2.